The number of aliphatic hydroxyl groups excluding tert-OH is 1. The molecular weight excluding hydrogens is 262 g/mol. The van der Waals surface area contributed by atoms with E-state index in [1.54, 1.807) is 0 Å². The van der Waals surface area contributed by atoms with Gasteiger partial charge in [0.15, 0.2) is 0 Å². The Bertz CT molecular complexity index is 564. The van der Waals surface area contributed by atoms with E-state index in [-0.39, 0.29) is 18.1 Å². The third kappa shape index (κ3) is 2.75. The lowest BCUT2D eigenvalue weighted by molar-refractivity contribution is -0.145. The van der Waals surface area contributed by atoms with Gasteiger partial charge >= 0.3 is 0 Å². The number of benzene rings is 1. The van der Waals surface area contributed by atoms with E-state index < -0.39 is 0 Å². The quantitative estimate of drug-likeness (QED) is 0.666. The van der Waals surface area contributed by atoms with Crippen LogP contribution in [0, 0.1) is 0 Å². The number of carbonyl (C=O) groups excluding carboxylic acids is 1. The van der Waals surface area contributed by atoms with Crippen LogP contribution in [0.25, 0.3) is 0 Å². The standard InChI is InChI=1S/C18H23NO2/c1-2-3-4-5-10-19-16(12-18(19)21)14-6-8-15-13(11-14)7-9-17(15)20/h4-6,8,11,16-17,20H,2-3,7,9-10,12H2,1H3/t16-,17?/m1/s1. The molecule has 3 rings (SSSR count). The Morgan fingerprint density at radius 1 is 1.38 bits per heavy atom. The highest BCUT2D eigenvalue weighted by atomic mass is 16.3. The van der Waals surface area contributed by atoms with Gasteiger partial charge < -0.3 is 10.0 Å². The fourth-order valence-corrected chi connectivity index (χ4v) is 3.28. The van der Waals surface area contributed by atoms with E-state index in [0.29, 0.717) is 13.0 Å². The first-order valence-electron chi connectivity index (χ1n) is 7.96. The molecule has 1 fully saturated rings. The van der Waals surface area contributed by atoms with Crippen molar-refractivity contribution in [2.45, 2.75) is 51.2 Å². The van der Waals surface area contributed by atoms with Crippen molar-refractivity contribution in [1.29, 1.82) is 0 Å². The molecule has 1 saturated heterocycles. The molecule has 1 aromatic rings. The highest BCUT2D eigenvalue weighted by Gasteiger charge is 2.36. The molecule has 0 spiro atoms. The smallest absolute Gasteiger partial charge is 0.225 e. The molecule has 1 aliphatic carbocycles. The predicted octanol–water partition coefficient (Wildman–Crippen LogP) is 3.30. The zero-order valence-electron chi connectivity index (χ0n) is 12.6. The molecule has 0 aromatic heterocycles. The number of carbonyl (C=O) groups is 1. The molecule has 0 saturated carbocycles. The monoisotopic (exact) mass is 285 g/mol. The molecule has 21 heavy (non-hydrogen) atoms. The molecule has 2 aliphatic rings. The number of hydrogen-bond donors (Lipinski definition) is 1. The van der Waals surface area contributed by atoms with Crippen molar-refractivity contribution >= 4 is 5.91 Å². The lowest BCUT2D eigenvalue weighted by Crippen LogP contribution is -2.46. The molecule has 1 unspecified atom stereocenters. The Balaban J connectivity index is 1.70. The Kier molecular flexibility index (Phi) is 4.11. The molecule has 1 aliphatic heterocycles. The number of rotatable bonds is 5. The van der Waals surface area contributed by atoms with Gasteiger partial charge in [-0.3, -0.25) is 4.79 Å². The summed E-state index contributed by atoms with van der Waals surface area (Å²) in [6, 6.07) is 6.52. The van der Waals surface area contributed by atoms with Crippen LogP contribution < -0.4 is 0 Å². The molecule has 1 N–H and O–H groups in total. The van der Waals surface area contributed by atoms with E-state index in [9.17, 15) is 9.90 Å². The topological polar surface area (TPSA) is 40.5 Å². The van der Waals surface area contributed by atoms with Crippen LogP contribution in [0.2, 0.25) is 0 Å². The second-order valence-electron chi connectivity index (χ2n) is 6.04. The van der Waals surface area contributed by atoms with Crippen LogP contribution in [0.5, 0.6) is 0 Å². The number of aryl methyl sites for hydroxylation is 1. The highest BCUT2D eigenvalue weighted by Crippen LogP contribution is 2.38. The van der Waals surface area contributed by atoms with Gasteiger partial charge in [-0.05, 0) is 36.0 Å². The Hall–Kier alpha value is -1.61. The number of hydrogen-bond acceptors (Lipinski definition) is 2. The summed E-state index contributed by atoms with van der Waals surface area (Å²) in [7, 11) is 0. The number of unbranched alkanes of at least 4 members (excludes halogenated alkanes) is 1. The second kappa shape index (κ2) is 6.02. The summed E-state index contributed by atoms with van der Waals surface area (Å²) < 4.78 is 0. The van der Waals surface area contributed by atoms with Crippen molar-refractivity contribution in [3.63, 3.8) is 0 Å². The fourth-order valence-electron chi connectivity index (χ4n) is 3.28. The van der Waals surface area contributed by atoms with Crippen molar-refractivity contribution in [2.24, 2.45) is 0 Å². The Labute approximate surface area is 126 Å². The highest BCUT2D eigenvalue weighted by molar-refractivity contribution is 5.83. The average molecular weight is 285 g/mol. The Morgan fingerprint density at radius 3 is 3.00 bits per heavy atom. The number of β-lactam (4-membered cyclic amide) rings is 1. The molecule has 1 aromatic carbocycles. The van der Waals surface area contributed by atoms with E-state index in [0.717, 1.165) is 31.2 Å². The zero-order chi connectivity index (χ0) is 14.8. The lowest BCUT2D eigenvalue weighted by Gasteiger charge is -2.40. The molecule has 3 heteroatoms. The maximum atomic E-state index is 11.8. The Morgan fingerprint density at radius 2 is 2.24 bits per heavy atom. The normalized spacial score (nSPS) is 24.5. The molecule has 112 valence electrons. The van der Waals surface area contributed by atoms with Gasteiger partial charge in [0, 0.05) is 6.54 Å². The second-order valence-corrected chi connectivity index (χ2v) is 6.04. The largest absolute Gasteiger partial charge is 0.388 e. The van der Waals surface area contributed by atoms with Crippen LogP contribution >= 0.6 is 0 Å². The van der Waals surface area contributed by atoms with E-state index in [2.05, 4.69) is 31.2 Å². The van der Waals surface area contributed by atoms with Gasteiger partial charge in [-0.15, -0.1) is 0 Å². The maximum absolute atomic E-state index is 11.8. The van der Waals surface area contributed by atoms with Crippen LogP contribution in [0.4, 0.5) is 0 Å². The summed E-state index contributed by atoms with van der Waals surface area (Å²) in [6.45, 7) is 2.87. The van der Waals surface area contributed by atoms with E-state index in [1.807, 2.05) is 11.0 Å². The lowest BCUT2D eigenvalue weighted by atomic mass is 9.91. The first-order valence-corrected chi connectivity index (χ1v) is 7.96. The third-order valence-corrected chi connectivity index (χ3v) is 4.59. The summed E-state index contributed by atoms with van der Waals surface area (Å²) in [5.74, 6) is 0.238. The van der Waals surface area contributed by atoms with Gasteiger partial charge in [-0.1, -0.05) is 43.7 Å². The minimum Gasteiger partial charge on any atom is -0.388 e. The van der Waals surface area contributed by atoms with Crippen LogP contribution in [0.3, 0.4) is 0 Å². The summed E-state index contributed by atoms with van der Waals surface area (Å²) >= 11 is 0. The van der Waals surface area contributed by atoms with Crippen LogP contribution in [0.15, 0.2) is 30.4 Å². The van der Waals surface area contributed by atoms with Crippen molar-refractivity contribution in [1.82, 2.24) is 4.90 Å². The van der Waals surface area contributed by atoms with Crippen LogP contribution in [-0.2, 0) is 11.2 Å². The van der Waals surface area contributed by atoms with Gasteiger partial charge in [0.05, 0.1) is 18.6 Å². The van der Waals surface area contributed by atoms with Crippen molar-refractivity contribution in [3.05, 3.63) is 47.0 Å². The fraction of sp³-hybridized carbons (Fsp3) is 0.500. The van der Waals surface area contributed by atoms with Gasteiger partial charge in [-0.2, -0.15) is 0 Å². The van der Waals surface area contributed by atoms with Gasteiger partial charge in [0.1, 0.15) is 0 Å². The average Bonchev–Trinajstić information content (AvgIpc) is 2.85. The number of allylic oxidation sites excluding steroid dienone is 1. The molecule has 3 nitrogen and oxygen atoms in total. The third-order valence-electron chi connectivity index (χ3n) is 4.59. The molecule has 2 atom stereocenters. The van der Waals surface area contributed by atoms with E-state index in [1.165, 1.54) is 11.1 Å². The van der Waals surface area contributed by atoms with Gasteiger partial charge in [0.2, 0.25) is 5.91 Å². The molecular formula is C18H23NO2. The number of amides is 1. The first kappa shape index (κ1) is 14.3. The SMILES string of the molecule is CCCC=CCN1C(=O)C[C@@H]1c1ccc2c(c1)CCC2O. The minimum atomic E-state index is -0.301. The predicted molar refractivity (Wildman–Crippen MR) is 82.8 cm³/mol. The molecule has 0 radical (unpaired) electrons. The number of nitrogens with zero attached hydrogens (tertiary/aromatic N) is 1. The van der Waals surface area contributed by atoms with E-state index in [4.69, 9.17) is 0 Å². The summed E-state index contributed by atoms with van der Waals surface area (Å²) in [6.07, 6.45) is 8.55. The van der Waals surface area contributed by atoms with E-state index >= 15 is 0 Å². The van der Waals surface area contributed by atoms with Gasteiger partial charge in [0.25, 0.3) is 0 Å². The zero-order valence-corrected chi connectivity index (χ0v) is 12.6. The maximum Gasteiger partial charge on any atom is 0.225 e. The van der Waals surface area contributed by atoms with Crippen molar-refractivity contribution < 1.29 is 9.90 Å². The molecule has 0 bridgehead atoms. The van der Waals surface area contributed by atoms with Crippen LogP contribution in [-0.4, -0.2) is 22.5 Å². The first-order chi connectivity index (χ1) is 10.2. The van der Waals surface area contributed by atoms with Gasteiger partial charge in [-0.25, -0.2) is 0 Å². The molecule has 1 amide bonds. The molecule has 1 heterocycles. The van der Waals surface area contributed by atoms with Crippen LogP contribution in [0.1, 0.15) is 61.4 Å². The summed E-state index contributed by atoms with van der Waals surface area (Å²) in [5.41, 5.74) is 3.53. The van der Waals surface area contributed by atoms with Crippen molar-refractivity contribution in [3.8, 4) is 0 Å². The van der Waals surface area contributed by atoms with Crippen molar-refractivity contribution in [2.75, 3.05) is 6.54 Å². The summed E-state index contributed by atoms with van der Waals surface area (Å²) in [4.78, 5) is 13.8. The summed E-state index contributed by atoms with van der Waals surface area (Å²) in [5, 5.41) is 9.87. The number of likely N-dealkylation sites (tertiary alicyclic amines) is 1. The number of fused-ring (bicyclic) bond motifs is 1. The number of aliphatic hydroxyl groups is 1. The minimum absolute atomic E-state index is 0.215.